The second-order valence-corrected chi connectivity index (χ2v) is 8.20. The van der Waals surface area contributed by atoms with Crippen molar-refractivity contribution < 1.29 is 9.31 Å². The van der Waals surface area contributed by atoms with Gasteiger partial charge >= 0.3 is 7.12 Å². The fourth-order valence-electron chi connectivity index (χ4n) is 3.45. The average Bonchev–Trinajstić information content (AvgIpc) is 2.82. The zero-order valence-electron chi connectivity index (χ0n) is 16.4. The largest absolute Gasteiger partial charge is 0.458 e. The molecule has 1 saturated heterocycles. The minimum absolute atomic E-state index is 0.200. The van der Waals surface area contributed by atoms with Gasteiger partial charge in [0.2, 0.25) is 0 Å². The van der Waals surface area contributed by atoms with Crippen LogP contribution < -0.4 is 0 Å². The molecule has 3 heteroatoms. The summed E-state index contributed by atoms with van der Waals surface area (Å²) in [5.41, 5.74) is 3.06. The molecular formula is C23H29BO2. The van der Waals surface area contributed by atoms with E-state index in [4.69, 9.17) is 9.31 Å². The summed E-state index contributed by atoms with van der Waals surface area (Å²) in [6.07, 6.45) is 1.71. The van der Waals surface area contributed by atoms with E-state index in [2.05, 4.69) is 88.9 Å². The van der Waals surface area contributed by atoms with Crippen molar-refractivity contribution in [3.63, 3.8) is 0 Å². The van der Waals surface area contributed by atoms with Crippen LogP contribution in [0.1, 0.15) is 51.2 Å². The molecule has 1 aliphatic rings. The molecule has 0 bridgehead atoms. The lowest BCUT2D eigenvalue weighted by Gasteiger charge is -2.32. The molecular weight excluding hydrogens is 319 g/mol. The van der Waals surface area contributed by atoms with E-state index in [-0.39, 0.29) is 18.3 Å². The molecule has 0 spiro atoms. The minimum atomic E-state index is -0.296. The first kappa shape index (κ1) is 18.9. The number of benzene rings is 2. The Morgan fingerprint density at radius 1 is 0.885 bits per heavy atom. The van der Waals surface area contributed by atoms with Gasteiger partial charge in [-0.05, 0) is 63.1 Å². The fourth-order valence-corrected chi connectivity index (χ4v) is 3.45. The van der Waals surface area contributed by atoms with Crippen molar-refractivity contribution in [2.24, 2.45) is 0 Å². The lowest BCUT2D eigenvalue weighted by molar-refractivity contribution is 0.00578. The SMILES string of the molecule is C=C(C[C@@H](CB1OC(C)(C)C(C)(C)O1)c1ccccc1)c1ccccc1. The normalized spacial score (nSPS) is 19.3. The van der Waals surface area contributed by atoms with E-state index in [0.29, 0.717) is 5.92 Å². The Bertz CT molecular complexity index is 721. The third-order valence-electron chi connectivity index (χ3n) is 5.72. The lowest BCUT2D eigenvalue weighted by atomic mass is 9.72. The lowest BCUT2D eigenvalue weighted by Crippen LogP contribution is -2.41. The molecule has 3 rings (SSSR count). The van der Waals surface area contributed by atoms with Crippen molar-refractivity contribution in [2.75, 3.05) is 0 Å². The average molecular weight is 348 g/mol. The van der Waals surface area contributed by atoms with Crippen LogP contribution in [0.5, 0.6) is 0 Å². The van der Waals surface area contributed by atoms with Crippen LogP contribution in [0.3, 0.4) is 0 Å². The van der Waals surface area contributed by atoms with E-state index in [0.717, 1.165) is 18.3 Å². The summed E-state index contributed by atoms with van der Waals surface area (Å²) in [5, 5.41) is 0. The maximum absolute atomic E-state index is 6.25. The summed E-state index contributed by atoms with van der Waals surface area (Å²) in [4.78, 5) is 0. The van der Waals surface area contributed by atoms with Gasteiger partial charge in [-0.25, -0.2) is 0 Å². The Labute approximate surface area is 158 Å². The maximum atomic E-state index is 6.25. The van der Waals surface area contributed by atoms with Crippen molar-refractivity contribution in [1.29, 1.82) is 0 Å². The fraction of sp³-hybridized carbons (Fsp3) is 0.391. The van der Waals surface area contributed by atoms with E-state index >= 15 is 0 Å². The highest BCUT2D eigenvalue weighted by Gasteiger charge is 2.51. The molecule has 1 atom stereocenters. The highest BCUT2D eigenvalue weighted by atomic mass is 16.7. The molecule has 1 aliphatic heterocycles. The monoisotopic (exact) mass is 348 g/mol. The van der Waals surface area contributed by atoms with Gasteiger partial charge in [0, 0.05) is 0 Å². The topological polar surface area (TPSA) is 18.5 Å². The molecule has 0 aliphatic carbocycles. The van der Waals surface area contributed by atoms with E-state index in [1.807, 2.05) is 6.07 Å². The van der Waals surface area contributed by atoms with Crippen LogP contribution in [-0.2, 0) is 9.31 Å². The Morgan fingerprint density at radius 2 is 1.38 bits per heavy atom. The van der Waals surface area contributed by atoms with Crippen molar-refractivity contribution in [1.82, 2.24) is 0 Å². The van der Waals surface area contributed by atoms with Crippen molar-refractivity contribution in [2.45, 2.75) is 57.6 Å². The number of hydrogen-bond acceptors (Lipinski definition) is 2. The second-order valence-electron chi connectivity index (χ2n) is 8.20. The zero-order valence-corrected chi connectivity index (χ0v) is 16.4. The first-order valence-electron chi connectivity index (χ1n) is 9.42. The quantitative estimate of drug-likeness (QED) is 0.599. The van der Waals surface area contributed by atoms with Gasteiger partial charge in [0.1, 0.15) is 0 Å². The van der Waals surface area contributed by atoms with E-state index in [9.17, 15) is 0 Å². The molecule has 2 nitrogen and oxygen atoms in total. The number of rotatable bonds is 6. The van der Waals surface area contributed by atoms with Gasteiger partial charge in [0.25, 0.3) is 0 Å². The minimum Gasteiger partial charge on any atom is -0.403 e. The molecule has 0 aromatic heterocycles. The smallest absolute Gasteiger partial charge is 0.403 e. The molecule has 2 aromatic rings. The maximum Gasteiger partial charge on any atom is 0.458 e. The molecule has 0 radical (unpaired) electrons. The van der Waals surface area contributed by atoms with Crippen LogP contribution in [-0.4, -0.2) is 18.3 Å². The molecule has 0 N–H and O–H groups in total. The third kappa shape index (κ3) is 4.11. The van der Waals surface area contributed by atoms with Crippen LogP contribution in [0.25, 0.3) is 5.57 Å². The summed E-state index contributed by atoms with van der Waals surface area (Å²) in [6, 6.07) is 21.0. The number of allylic oxidation sites excluding steroid dienone is 1. The highest BCUT2D eigenvalue weighted by molar-refractivity contribution is 6.45. The van der Waals surface area contributed by atoms with Gasteiger partial charge in [-0.3, -0.25) is 0 Å². The molecule has 0 amide bonds. The summed E-state index contributed by atoms with van der Waals surface area (Å²) in [6.45, 7) is 12.8. The van der Waals surface area contributed by atoms with Crippen molar-refractivity contribution >= 4 is 12.7 Å². The summed E-state index contributed by atoms with van der Waals surface area (Å²) < 4.78 is 12.5. The van der Waals surface area contributed by atoms with Crippen LogP contribution >= 0.6 is 0 Å². The third-order valence-corrected chi connectivity index (χ3v) is 5.72. The first-order valence-corrected chi connectivity index (χ1v) is 9.42. The molecule has 1 fully saturated rings. The Balaban J connectivity index is 1.78. The highest BCUT2D eigenvalue weighted by Crippen LogP contribution is 2.41. The van der Waals surface area contributed by atoms with Gasteiger partial charge in [-0.2, -0.15) is 0 Å². The van der Waals surface area contributed by atoms with Gasteiger partial charge in [0.15, 0.2) is 0 Å². The van der Waals surface area contributed by atoms with Crippen LogP contribution in [0, 0.1) is 0 Å². The molecule has 0 saturated carbocycles. The van der Waals surface area contributed by atoms with Crippen LogP contribution in [0.2, 0.25) is 6.32 Å². The zero-order chi connectivity index (χ0) is 18.8. The van der Waals surface area contributed by atoms with E-state index < -0.39 is 0 Å². The van der Waals surface area contributed by atoms with E-state index in [1.165, 1.54) is 11.1 Å². The standard InChI is InChI=1S/C23H29BO2/c1-18(19-12-8-6-9-13-19)16-21(20-14-10-7-11-15-20)17-24-25-22(2,3)23(4,5)26-24/h6-15,21H,1,16-17H2,2-5H3/t21-/m0/s1. The van der Waals surface area contributed by atoms with Crippen LogP contribution in [0.15, 0.2) is 67.2 Å². The van der Waals surface area contributed by atoms with Crippen LogP contribution in [0.4, 0.5) is 0 Å². The second kappa shape index (κ2) is 7.42. The predicted octanol–water partition coefficient (Wildman–Crippen LogP) is 5.97. The van der Waals surface area contributed by atoms with Gasteiger partial charge in [-0.15, -0.1) is 0 Å². The Kier molecular flexibility index (Phi) is 5.41. The van der Waals surface area contributed by atoms with Gasteiger partial charge < -0.3 is 9.31 Å². The molecule has 136 valence electrons. The predicted molar refractivity (Wildman–Crippen MR) is 110 cm³/mol. The molecule has 1 heterocycles. The molecule has 26 heavy (non-hydrogen) atoms. The van der Waals surface area contributed by atoms with Crippen molar-refractivity contribution in [3.8, 4) is 0 Å². The summed E-state index contributed by atoms with van der Waals surface area (Å²) >= 11 is 0. The van der Waals surface area contributed by atoms with Crippen molar-refractivity contribution in [3.05, 3.63) is 78.4 Å². The summed E-state index contributed by atoms with van der Waals surface area (Å²) in [5.74, 6) is 0.304. The first-order chi connectivity index (χ1) is 12.3. The molecule has 2 aromatic carbocycles. The van der Waals surface area contributed by atoms with Gasteiger partial charge in [0.05, 0.1) is 11.2 Å². The summed E-state index contributed by atoms with van der Waals surface area (Å²) in [7, 11) is -0.200. The molecule has 0 unspecified atom stereocenters. The Morgan fingerprint density at radius 3 is 1.92 bits per heavy atom. The Hall–Kier alpha value is -1.84. The van der Waals surface area contributed by atoms with Gasteiger partial charge in [-0.1, -0.05) is 67.2 Å². The number of hydrogen-bond donors (Lipinski definition) is 0. The van der Waals surface area contributed by atoms with E-state index in [1.54, 1.807) is 0 Å².